The van der Waals surface area contributed by atoms with Gasteiger partial charge in [-0.2, -0.15) is 5.26 Å². The Balaban J connectivity index is 1.25. The Bertz CT molecular complexity index is 1650. The van der Waals surface area contributed by atoms with Crippen molar-refractivity contribution in [3.05, 3.63) is 65.9 Å². The second-order valence-electron chi connectivity index (χ2n) is 11.1. The summed E-state index contributed by atoms with van der Waals surface area (Å²) in [6.45, 7) is 5.10. The zero-order chi connectivity index (χ0) is 29.8. The highest BCUT2D eigenvalue weighted by Gasteiger charge is 2.21. The average molecular weight is 581 g/mol. The van der Waals surface area contributed by atoms with Gasteiger partial charge in [-0.25, -0.2) is 0 Å². The van der Waals surface area contributed by atoms with Crippen molar-refractivity contribution in [2.45, 2.75) is 31.8 Å². The number of hydrogen-bond acceptors (Lipinski definition) is 8. The molecule has 0 radical (unpaired) electrons. The molecule has 2 saturated heterocycles. The van der Waals surface area contributed by atoms with Crippen LogP contribution in [0.3, 0.4) is 0 Å². The van der Waals surface area contributed by atoms with Gasteiger partial charge < -0.3 is 28.4 Å². The number of aromatic nitrogens is 1. The topological polar surface area (TPSA) is 101 Å². The maximum absolute atomic E-state index is 13.2. The molecule has 4 aromatic rings. The van der Waals surface area contributed by atoms with E-state index in [1.54, 1.807) is 24.3 Å². The predicted octanol–water partition coefficient (Wildman–Crippen LogP) is 5.77. The van der Waals surface area contributed by atoms with Crippen LogP contribution >= 0.6 is 0 Å². The van der Waals surface area contributed by atoms with Crippen LogP contribution < -0.4 is 9.47 Å². The SMILES string of the molecule is COc1cc(C(=O)N(C)CCN2CCCC2)ccc1-c1cc2nccc(-c3ccc(OC4CCOCC4)c(C#N)c3)c2o1. The minimum absolute atomic E-state index is 0.0407. The summed E-state index contributed by atoms with van der Waals surface area (Å²) in [5.41, 5.74) is 4.67. The van der Waals surface area contributed by atoms with Gasteiger partial charge in [-0.15, -0.1) is 0 Å². The highest BCUT2D eigenvalue weighted by molar-refractivity contribution is 5.96. The number of likely N-dealkylation sites (N-methyl/N-ethyl adjacent to an activating group) is 1. The van der Waals surface area contributed by atoms with Crippen LogP contribution in [0.15, 0.2) is 59.1 Å². The summed E-state index contributed by atoms with van der Waals surface area (Å²) in [7, 11) is 3.43. The number of fused-ring (bicyclic) bond motifs is 1. The van der Waals surface area contributed by atoms with Crippen molar-refractivity contribution in [1.29, 1.82) is 5.26 Å². The standard InChI is InChI=1S/C34H36N4O5/c1-37(15-16-38-13-3-4-14-38)34(39)24-5-7-28(31(20-24)40-2)32-21-29-33(43-32)27(9-12-36-29)23-6-8-30(25(19-23)22-35)42-26-10-17-41-18-11-26/h5-9,12,19-21,26H,3-4,10-11,13-18H2,1-2H3. The monoisotopic (exact) mass is 580 g/mol. The second kappa shape index (κ2) is 12.9. The number of pyridine rings is 1. The average Bonchev–Trinajstić information content (AvgIpc) is 3.74. The highest BCUT2D eigenvalue weighted by atomic mass is 16.5. The molecule has 0 saturated carbocycles. The molecule has 2 fully saturated rings. The van der Waals surface area contributed by atoms with Gasteiger partial charge in [-0.3, -0.25) is 9.78 Å². The van der Waals surface area contributed by atoms with Crippen LogP contribution in [0.1, 0.15) is 41.6 Å². The van der Waals surface area contributed by atoms with Gasteiger partial charge in [0.2, 0.25) is 0 Å². The molecule has 43 heavy (non-hydrogen) atoms. The first-order chi connectivity index (χ1) is 21.0. The Morgan fingerprint density at radius 3 is 2.65 bits per heavy atom. The van der Waals surface area contributed by atoms with Crippen molar-refractivity contribution in [2.24, 2.45) is 0 Å². The molecular weight excluding hydrogens is 544 g/mol. The second-order valence-corrected chi connectivity index (χ2v) is 11.1. The van der Waals surface area contributed by atoms with Gasteiger partial charge in [-0.05, 0) is 67.9 Å². The first-order valence-corrected chi connectivity index (χ1v) is 14.9. The molecule has 6 rings (SSSR count). The van der Waals surface area contributed by atoms with Gasteiger partial charge in [-0.1, -0.05) is 6.07 Å². The molecular formula is C34H36N4O5. The third-order valence-corrected chi connectivity index (χ3v) is 8.30. The molecule has 2 aromatic heterocycles. The molecule has 0 atom stereocenters. The number of carbonyl (C=O) groups is 1. The molecule has 0 unspecified atom stereocenters. The number of likely N-dealkylation sites (tertiary alicyclic amines) is 1. The summed E-state index contributed by atoms with van der Waals surface area (Å²) in [6, 6.07) is 17.1. The molecule has 9 heteroatoms. The Hall–Kier alpha value is -4.39. The van der Waals surface area contributed by atoms with Gasteiger partial charge in [0.05, 0.1) is 31.5 Å². The van der Waals surface area contributed by atoms with Crippen molar-refractivity contribution in [1.82, 2.24) is 14.8 Å². The quantitative estimate of drug-likeness (QED) is 0.246. The van der Waals surface area contributed by atoms with Crippen LogP contribution in [0.5, 0.6) is 11.5 Å². The van der Waals surface area contributed by atoms with E-state index in [4.69, 9.17) is 18.6 Å². The van der Waals surface area contributed by atoms with Crippen molar-refractivity contribution in [3.63, 3.8) is 0 Å². The smallest absolute Gasteiger partial charge is 0.253 e. The zero-order valence-corrected chi connectivity index (χ0v) is 24.7. The normalized spacial score (nSPS) is 15.8. The van der Waals surface area contributed by atoms with Crippen LogP contribution in [-0.2, 0) is 4.74 Å². The summed E-state index contributed by atoms with van der Waals surface area (Å²) in [5, 5.41) is 9.88. The Morgan fingerprint density at radius 2 is 1.88 bits per heavy atom. The molecule has 2 aromatic carbocycles. The van der Waals surface area contributed by atoms with Gasteiger partial charge >= 0.3 is 0 Å². The maximum Gasteiger partial charge on any atom is 0.253 e. The first kappa shape index (κ1) is 28.7. The summed E-state index contributed by atoms with van der Waals surface area (Å²) in [5.74, 6) is 1.65. The van der Waals surface area contributed by atoms with Crippen molar-refractivity contribution < 1.29 is 23.4 Å². The predicted molar refractivity (Wildman–Crippen MR) is 163 cm³/mol. The lowest BCUT2D eigenvalue weighted by atomic mass is 10.0. The van der Waals surface area contributed by atoms with Gasteiger partial charge in [0.25, 0.3) is 5.91 Å². The number of nitrogens with zero attached hydrogens (tertiary/aromatic N) is 4. The maximum atomic E-state index is 13.2. The van der Waals surface area contributed by atoms with E-state index in [0.29, 0.717) is 59.2 Å². The van der Waals surface area contributed by atoms with Gasteiger partial charge in [0, 0.05) is 56.4 Å². The summed E-state index contributed by atoms with van der Waals surface area (Å²) in [4.78, 5) is 21.9. The Kier molecular flexibility index (Phi) is 8.59. The molecule has 9 nitrogen and oxygen atoms in total. The lowest BCUT2D eigenvalue weighted by Crippen LogP contribution is -2.35. The molecule has 2 aliphatic rings. The van der Waals surface area contributed by atoms with E-state index in [1.807, 2.05) is 49.5 Å². The van der Waals surface area contributed by atoms with Gasteiger partial charge in [0.15, 0.2) is 5.58 Å². The molecule has 4 heterocycles. The Labute approximate surface area is 251 Å². The number of nitriles is 1. The molecule has 222 valence electrons. The van der Waals surface area contributed by atoms with Crippen LogP contribution in [0.4, 0.5) is 0 Å². The third-order valence-electron chi connectivity index (χ3n) is 8.30. The number of benzene rings is 2. The molecule has 0 bridgehead atoms. The number of carbonyl (C=O) groups excluding carboxylic acids is 1. The largest absolute Gasteiger partial charge is 0.496 e. The van der Waals surface area contributed by atoms with E-state index >= 15 is 0 Å². The lowest BCUT2D eigenvalue weighted by molar-refractivity contribution is 0.0254. The van der Waals surface area contributed by atoms with E-state index in [9.17, 15) is 10.1 Å². The fraction of sp³-hybridized carbons (Fsp3) is 0.382. The number of furan rings is 1. The highest BCUT2D eigenvalue weighted by Crippen LogP contribution is 2.38. The minimum atomic E-state index is -0.0462. The Morgan fingerprint density at radius 1 is 1.07 bits per heavy atom. The fourth-order valence-electron chi connectivity index (χ4n) is 5.81. The van der Waals surface area contributed by atoms with Gasteiger partial charge in [0.1, 0.15) is 34.9 Å². The van der Waals surface area contributed by atoms with E-state index < -0.39 is 0 Å². The van der Waals surface area contributed by atoms with Crippen LogP contribution in [0.2, 0.25) is 0 Å². The zero-order valence-electron chi connectivity index (χ0n) is 24.7. The summed E-state index contributed by atoms with van der Waals surface area (Å²) < 4.78 is 23.7. The van der Waals surface area contributed by atoms with Crippen LogP contribution in [0, 0.1) is 11.3 Å². The molecule has 1 amide bonds. The van der Waals surface area contributed by atoms with Crippen LogP contribution in [-0.4, -0.2) is 80.3 Å². The molecule has 2 aliphatic heterocycles. The van der Waals surface area contributed by atoms with Crippen molar-refractivity contribution in [2.75, 3.05) is 53.6 Å². The fourth-order valence-corrected chi connectivity index (χ4v) is 5.81. The van der Waals surface area contributed by atoms with Crippen molar-refractivity contribution >= 4 is 17.0 Å². The number of methoxy groups -OCH3 is 1. The van der Waals surface area contributed by atoms with Crippen molar-refractivity contribution in [3.8, 4) is 40.0 Å². The summed E-state index contributed by atoms with van der Waals surface area (Å²) in [6.07, 6.45) is 5.84. The third kappa shape index (κ3) is 6.21. The number of rotatable bonds is 9. The number of ether oxygens (including phenoxy) is 3. The summed E-state index contributed by atoms with van der Waals surface area (Å²) >= 11 is 0. The lowest BCUT2D eigenvalue weighted by Gasteiger charge is -2.23. The van der Waals surface area contributed by atoms with E-state index in [-0.39, 0.29) is 12.0 Å². The van der Waals surface area contributed by atoms with E-state index in [2.05, 4.69) is 16.0 Å². The molecule has 0 N–H and O–H groups in total. The number of hydrogen-bond donors (Lipinski definition) is 0. The van der Waals surface area contributed by atoms with E-state index in [0.717, 1.165) is 49.2 Å². The molecule has 0 aliphatic carbocycles. The van der Waals surface area contributed by atoms with E-state index in [1.165, 1.54) is 12.8 Å². The number of amides is 1. The first-order valence-electron chi connectivity index (χ1n) is 14.9. The molecule has 0 spiro atoms. The minimum Gasteiger partial charge on any atom is -0.496 e. The van der Waals surface area contributed by atoms with Crippen LogP contribution in [0.25, 0.3) is 33.6 Å².